The van der Waals surface area contributed by atoms with Crippen LogP contribution in [0, 0.1) is 20.8 Å². The van der Waals surface area contributed by atoms with E-state index in [9.17, 15) is 0 Å². The number of aromatic nitrogens is 2. The summed E-state index contributed by atoms with van der Waals surface area (Å²) in [5.74, 6) is 0.901. The van der Waals surface area contributed by atoms with Crippen LogP contribution in [-0.4, -0.2) is 22.8 Å². The van der Waals surface area contributed by atoms with E-state index in [1.165, 1.54) is 11.1 Å². The van der Waals surface area contributed by atoms with E-state index < -0.39 is 0 Å². The Morgan fingerprint density at radius 2 is 2.05 bits per heavy atom. The highest BCUT2D eigenvalue weighted by Crippen LogP contribution is 2.22. The molecule has 0 bridgehead atoms. The summed E-state index contributed by atoms with van der Waals surface area (Å²) in [6.07, 6.45) is 3.07. The molecule has 4 heteroatoms. The molecule has 0 saturated carbocycles. The number of imidazole rings is 1. The Hall–Kier alpha value is -1.81. The first-order valence-electron chi connectivity index (χ1n) is 7.56. The molecule has 1 N–H and O–H groups in total. The summed E-state index contributed by atoms with van der Waals surface area (Å²) in [6, 6.07) is 6.29. The van der Waals surface area contributed by atoms with Crippen LogP contribution in [0.4, 0.5) is 11.6 Å². The van der Waals surface area contributed by atoms with Crippen LogP contribution < -0.4 is 5.32 Å². The predicted molar refractivity (Wildman–Crippen MR) is 87.3 cm³/mol. The normalized spacial score (nSPS) is 10.9. The molecule has 0 atom stereocenters. The van der Waals surface area contributed by atoms with E-state index in [1.807, 2.05) is 13.8 Å². The highest BCUT2D eigenvalue weighted by atomic mass is 16.5. The molecule has 1 aromatic carbocycles. The lowest BCUT2D eigenvalue weighted by atomic mass is 10.1. The van der Waals surface area contributed by atoms with Crippen molar-refractivity contribution in [2.24, 2.45) is 0 Å². The van der Waals surface area contributed by atoms with Crippen molar-refractivity contribution in [2.45, 2.75) is 40.7 Å². The maximum atomic E-state index is 5.40. The Morgan fingerprint density at radius 1 is 1.24 bits per heavy atom. The first-order valence-corrected chi connectivity index (χ1v) is 7.56. The fraction of sp³-hybridized carbons (Fsp3) is 0.471. The smallest absolute Gasteiger partial charge is 0.207 e. The van der Waals surface area contributed by atoms with Gasteiger partial charge in [0.2, 0.25) is 5.95 Å². The standard InChI is InChI=1S/C17H25N3O/c1-5-21-11-7-10-20-12-14(3)18-17(20)19-16-9-6-8-13(2)15(16)4/h6,8-9,12H,5,7,10-11H2,1-4H3,(H,18,19). The van der Waals surface area contributed by atoms with Crippen LogP contribution in [0.15, 0.2) is 24.4 Å². The lowest BCUT2D eigenvalue weighted by Gasteiger charge is -2.13. The van der Waals surface area contributed by atoms with Gasteiger partial charge in [0.1, 0.15) is 0 Å². The highest BCUT2D eigenvalue weighted by molar-refractivity contribution is 5.60. The second-order valence-electron chi connectivity index (χ2n) is 5.32. The zero-order valence-electron chi connectivity index (χ0n) is 13.4. The summed E-state index contributed by atoms with van der Waals surface area (Å²) in [7, 11) is 0. The van der Waals surface area contributed by atoms with Crippen LogP contribution in [0.1, 0.15) is 30.2 Å². The molecule has 4 nitrogen and oxygen atoms in total. The molecule has 0 aliphatic carbocycles. The molecule has 2 rings (SSSR count). The van der Waals surface area contributed by atoms with Crippen LogP contribution >= 0.6 is 0 Å². The Bertz CT molecular complexity index is 590. The van der Waals surface area contributed by atoms with Crippen LogP contribution in [0.2, 0.25) is 0 Å². The molecule has 0 radical (unpaired) electrons. The molecule has 0 fully saturated rings. The molecule has 1 heterocycles. The lowest BCUT2D eigenvalue weighted by Crippen LogP contribution is -2.06. The van der Waals surface area contributed by atoms with Gasteiger partial charge in [-0.2, -0.15) is 0 Å². The first kappa shape index (κ1) is 15.6. The van der Waals surface area contributed by atoms with E-state index in [2.05, 4.69) is 53.1 Å². The van der Waals surface area contributed by atoms with Gasteiger partial charge >= 0.3 is 0 Å². The summed E-state index contributed by atoms with van der Waals surface area (Å²) in [6.45, 7) is 10.8. The maximum absolute atomic E-state index is 5.40. The molecule has 0 spiro atoms. The van der Waals surface area contributed by atoms with Gasteiger partial charge in [0.15, 0.2) is 0 Å². The monoisotopic (exact) mass is 287 g/mol. The second-order valence-corrected chi connectivity index (χ2v) is 5.32. The van der Waals surface area contributed by atoms with Crippen LogP contribution in [-0.2, 0) is 11.3 Å². The molecule has 0 aliphatic heterocycles. The summed E-state index contributed by atoms with van der Waals surface area (Å²) >= 11 is 0. The van der Waals surface area contributed by atoms with E-state index >= 15 is 0 Å². The van der Waals surface area contributed by atoms with Crippen molar-refractivity contribution in [3.8, 4) is 0 Å². The quantitative estimate of drug-likeness (QED) is 0.783. The second kappa shape index (κ2) is 7.27. The number of nitrogens with zero attached hydrogens (tertiary/aromatic N) is 2. The maximum Gasteiger partial charge on any atom is 0.207 e. The Morgan fingerprint density at radius 3 is 2.81 bits per heavy atom. The van der Waals surface area contributed by atoms with E-state index in [0.717, 1.165) is 43.5 Å². The SMILES string of the molecule is CCOCCCn1cc(C)nc1Nc1cccc(C)c1C. The predicted octanol–water partition coefficient (Wildman–Crippen LogP) is 3.98. The van der Waals surface area contributed by atoms with Gasteiger partial charge in [-0.15, -0.1) is 0 Å². The zero-order valence-corrected chi connectivity index (χ0v) is 13.4. The van der Waals surface area contributed by atoms with Gasteiger partial charge in [0.25, 0.3) is 0 Å². The fourth-order valence-electron chi connectivity index (χ4n) is 2.31. The van der Waals surface area contributed by atoms with Crippen LogP contribution in [0.25, 0.3) is 0 Å². The summed E-state index contributed by atoms with van der Waals surface area (Å²) in [4.78, 5) is 4.59. The molecule has 0 unspecified atom stereocenters. The third-order valence-electron chi connectivity index (χ3n) is 3.64. The Labute approximate surface area is 127 Å². The number of benzene rings is 1. The van der Waals surface area contributed by atoms with Gasteiger partial charge in [-0.25, -0.2) is 4.98 Å². The van der Waals surface area contributed by atoms with E-state index in [1.54, 1.807) is 0 Å². The van der Waals surface area contributed by atoms with E-state index in [0.29, 0.717) is 0 Å². The van der Waals surface area contributed by atoms with Gasteiger partial charge in [0, 0.05) is 31.6 Å². The van der Waals surface area contributed by atoms with E-state index in [-0.39, 0.29) is 0 Å². The minimum atomic E-state index is 0.774. The molecular formula is C17H25N3O. The first-order chi connectivity index (χ1) is 10.1. The van der Waals surface area contributed by atoms with Crippen LogP contribution in [0.5, 0.6) is 0 Å². The number of anilines is 2. The van der Waals surface area contributed by atoms with Crippen molar-refractivity contribution in [1.82, 2.24) is 9.55 Å². The summed E-state index contributed by atoms with van der Waals surface area (Å²) in [5.41, 5.74) is 4.69. The van der Waals surface area contributed by atoms with Crippen LogP contribution in [0.3, 0.4) is 0 Å². The molecular weight excluding hydrogens is 262 g/mol. The molecule has 0 saturated heterocycles. The fourth-order valence-corrected chi connectivity index (χ4v) is 2.31. The number of aryl methyl sites for hydroxylation is 3. The van der Waals surface area contributed by atoms with Crippen molar-refractivity contribution in [3.05, 3.63) is 41.2 Å². The average molecular weight is 287 g/mol. The lowest BCUT2D eigenvalue weighted by molar-refractivity contribution is 0.142. The number of nitrogens with one attached hydrogen (secondary N) is 1. The number of hydrogen-bond acceptors (Lipinski definition) is 3. The highest BCUT2D eigenvalue weighted by Gasteiger charge is 2.08. The average Bonchev–Trinajstić information content (AvgIpc) is 2.80. The van der Waals surface area contributed by atoms with Gasteiger partial charge < -0.3 is 14.6 Å². The Kier molecular flexibility index (Phi) is 5.39. The summed E-state index contributed by atoms with van der Waals surface area (Å²) in [5, 5.41) is 3.45. The molecule has 0 aliphatic rings. The molecule has 2 aromatic rings. The van der Waals surface area contributed by atoms with Crippen molar-refractivity contribution in [3.63, 3.8) is 0 Å². The van der Waals surface area contributed by atoms with Gasteiger partial charge in [-0.05, 0) is 51.3 Å². The van der Waals surface area contributed by atoms with Gasteiger partial charge in [-0.3, -0.25) is 0 Å². The number of hydrogen-bond donors (Lipinski definition) is 1. The third-order valence-corrected chi connectivity index (χ3v) is 3.64. The largest absolute Gasteiger partial charge is 0.382 e. The molecule has 1 aromatic heterocycles. The minimum absolute atomic E-state index is 0.774. The van der Waals surface area contributed by atoms with Crippen molar-refractivity contribution in [1.29, 1.82) is 0 Å². The third kappa shape index (κ3) is 4.08. The van der Waals surface area contributed by atoms with E-state index in [4.69, 9.17) is 4.74 Å². The zero-order chi connectivity index (χ0) is 15.2. The molecule has 0 amide bonds. The van der Waals surface area contributed by atoms with Crippen molar-refractivity contribution in [2.75, 3.05) is 18.5 Å². The topological polar surface area (TPSA) is 39.1 Å². The van der Waals surface area contributed by atoms with Crippen molar-refractivity contribution >= 4 is 11.6 Å². The van der Waals surface area contributed by atoms with Gasteiger partial charge in [0.05, 0.1) is 5.69 Å². The Balaban J connectivity index is 2.10. The van der Waals surface area contributed by atoms with Crippen molar-refractivity contribution < 1.29 is 4.74 Å². The molecule has 21 heavy (non-hydrogen) atoms. The van der Waals surface area contributed by atoms with Gasteiger partial charge in [-0.1, -0.05) is 12.1 Å². The summed E-state index contributed by atoms with van der Waals surface area (Å²) < 4.78 is 7.56. The molecule has 114 valence electrons. The minimum Gasteiger partial charge on any atom is -0.382 e. The number of rotatable bonds is 7. The number of ether oxygens (including phenoxy) is 1.